The second-order valence-corrected chi connectivity index (χ2v) is 4.00. The summed E-state index contributed by atoms with van der Waals surface area (Å²) >= 11 is 0. The molecular weight excluding hydrogens is 240 g/mol. The monoisotopic (exact) mass is 252 g/mol. The second-order valence-electron chi connectivity index (χ2n) is 4.00. The van der Waals surface area contributed by atoms with Crippen LogP contribution in [0.3, 0.4) is 0 Å². The summed E-state index contributed by atoms with van der Waals surface area (Å²) < 4.78 is 10.4. The zero-order valence-corrected chi connectivity index (χ0v) is 10.4. The summed E-state index contributed by atoms with van der Waals surface area (Å²) in [5.41, 5.74) is 2.88. The third-order valence-corrected chi connectivity index (χ3v) is 2.84. The van der Waals surface area contributed by atoms with E-state index >= 15 is 0 Å². The quantitative estimate of drug-likeness (QED) is 0.716. The van der Waals surface area contributed by atoms with Crippen molar-refractivity contribution in [3.05, 3.63) is 55.1 Å². The van der Waals surface area contributed by atoms with Crippen LogP contribution in [0.5, 0.6) is 5.88 Å². The van der Waals surface area contributed by atoms with Crippen molar-refractivity contribution in [1.29, 1.82) is 0 Å². The summed E-state index contributed by atoms with van der Waals surface area (Å²) in [5, 5.41) is 0. The molecule has 3 aromatic rings. The average Bonchev–Trinajstić information content (AvgIpc) is 3.02. The number of methoxy groups -OCH3 is 1. The molecule has 0 saturated carbocycles. The van der Waals surface area contributed by atoms with Gasteiger partial charge in [-0.3, -0.25) is 0 Å². The van der Waals surface area contributed by atoms with Crippen molar-refractivity contribution < 1.29 is 9.15 Å². The smallest absolute Gasteiger partial charge is 0.216 e. The molecule has 0 N–H and O–H groups in total. The lowest BCUT2D eigenvalue weighted by atomic mass is 10.1. The van der Waals surface area contributed by atoms with Crippen molar-refractivity contribution in [3.63, 3.8) is 0 Å². The fraction of sp³-hybridized carbons (Fsp3) is 0.0667. The van der Waals surface area contributed by atoms with Crippen LogP contribution in [0.2, 0.25) is 0 Å². The highest BCUT2D eigenvalue weighted by Crippen LogP contribution is 2.24. The van der Waals surface area contributed by atoms with E-state index in [0.717, 1.165) is 22.6 Å². The minimum atomic E-state index is 0.556. The van der Waals surface area contributed by atoms with E-state index < -0.39 is 0 Å². The number of aromatic nitrogens is 2. The second kappa shape index (κ2) is 4.94. The van der Waals surface area contributed by atoms with Crippen molar-refractivity contribution >= 4 is 0 Å². The summed E-state index contributed by atoms with van der Waals surface area (Å²) in [4.78, 5) is 8.23. The minimum Gasteiger partial charge on any atom is -0.481 e. The lowest BCUT2D eigenvalue weighted by molar-refractivity contribution is 0.397. The Hall–Kier alpha value is -2.62. The van der Waals surface area contributed by atoms with Gasteiger partial charge >= 0.3 is 0 Å². The van der Waals surface area contributed by atoms with Gasteiger partial charge in [0.05, 0.1) is 19.1 Å². The molecule has 0 fully saturated rings. The standard InChI is InChI=1S/C15H12N2O2/c1-18-15-9-13(16-10-17-15)11-4-6-12(7-5-11)14-3-2-8-19-14/h2-10H,1H3. The maximum absolute atomic E-state index is 5.36. The van der Waals surface area contributed by atoms with Crippen molar-refractivity contribution in [2.24, 2.45) is 0 Å². The zero-order valence-electron chi connectivity index (χ0n) is 10.4. The zero-order chi connectivity index (χ0) is 13.1. The van der Waals surface area contributed by atoms with E-state index in [0.29, 0.717) is 5.88 Å². The Morgan fingerprint density at radius 1 is 1.00 bits per heavy atom. The van der Waals surface area contributed by atoms with Gasteiger partial charge < -0.3 is 9.15 Å². The molecule has 0 aliphatic rings. The topological polar surface area (TPSA) is 48.2 Å². The molecule has 0 spiro atoms. The predicted octanol–water partition coefficient (Wildman–Crippen LogP) is 3.41. The molecule has 0 aliphatic heterocycles. The molecule has 0 atom stereocenters. The van der Waals surface area contributed by atoms with E-state index in [1.54, 1.807) is 13.4 Å². The number of rotatable bonds is 3. The molecule has 4 heteroatoms. The van der Waals surface area contributed by atoms with Gasteiger partial charge in [-0.1, -0.05) is 24.3 Å². The van der Waals surface area contributed by atoms with Gasteiger partial charge in [0.25, 0.3) is 0 Å². The summed E-state index contributed by atoms with van der Waals surface area (Å²) in [5.74, 6) is 1.41. The SMILES string of the molecule is COc1cc(-c2ccc(-c3ccco3)cc2)ncn1. The highest BCUT2D eigenvalue weighted by Gasteiger charge is 2.04. The van der Waals surface area contributed by atoms with Crippen LogP contribution in [0, 0.1) is 0 Å². The summed E-state index contributed by atoms with van der Waals surface area (Å²) in [6, 6.07) is 13.6. The molecule has 2 aromatic heterocycles. The highest BCUT2D eigenvalue weighted by molar-refractivity contribution is 5.66. The molecule has 4 nitrogen and oxygen atoms in total. The van der Waals surface area contributed by atoms with Crippen LogP contribution in [-0.4, -0.2) is 17.1 Å². The van der Waals surface area contributed by atoms with Gasteiger partial charge in [-0.05, 0) is 12.1 Å². The lowest BCUT2D eigenvalue weighted by Gasteiger charge is -2.03. The van der Waals surface area contributed by atoms with Crippen LogP contribution in [0.25, 0.3) is 22.6 Å². The van der Waals surface area contributed by atoms with Gasteiger partial charge in [0.1, 0.15) is 12.1 Å². The fourth-order valence-corrected chi connectivity index (χ4v) is 1.86. The van der Waals surface area contributed by atoms with Crippen molar-refractivity contribution in [2.75, 3.05) is 7.11 Å². The molecule has 94 valence electrons. The van der Waals surface area contributed by atoms with Crippen LogP contribution in [0.4, 0.5) is 0 Å². The Bertz CT molecular complexity index is 661. The molecule has 3 rings (SSSR count). The normalized spacial score (nSPS) is 10.4. The van der Waals surface area contributed by atoms with Gasteiger partial charge in [0.15, 0.2) is 0 Å². The minimum absolute atomic E-state index is 0.556. The average molecular weight is 252 g/mol. The number of hydrogen-bond acceptors (Lipinski definition) is 4. The first-order chi connectivity index (χ1) is 9.36. The van der Waals surface area contributed by atoms with Gasteiger partial charge in [-0.25, -0.2) is 9.97 Å². The maximum Gasteiger partial charge on any atom is 0.216 e. The van der Waals surface area contributed by atoms with Gasteiger partial charge in [0.2, 0.25) is 5.88 Å². The highest BCUT2D eigenvalue weighted by atomic mass is 16.5. The number of benzene rings is 1. The van der Waals surface area contributed by atoms with Crippen LogP contribution in [0.15, 0.2) is 59.5 Å². The van der Waals surface area contributed by atoms with Crippen LogP contribution in [0.1, 0.15) is 0 Å². The van der Waals surface area contributed by atoms with Crippen LogP contribution >= 0.6 is 0 Å². The summed E-state index contributed by atoms with van der Waals surface area (Å²) in [6.07, 6.45) is 3.16. The van der Waals surface area contributed by atoms with Crippen LogP contribution in [-0.2, 0) is 0 Å². The molecule has 19 heavy (non-hydrogen) atoms. The molecule has 1 aromatic carbocycles. The Kier molecular flexibility index (Phi) is 2.98. The van der Waals surface area contributed by atoms with Crippen molar-refractivity contribution in [2.45, 2.75) is 0 Å². The Labute approximate surface area is 110 Å². The molecule has 0 bridgehead atoms. The molecule has 0 aliphatic carbocycles. The molecule has 0 amide bonds. The van der Waals surface area contributed by atoms with Gasteiger partial charge in [-0.15, -0.1) is 0 Å². The van der Waals surface area contributed by atoms with E-state index in [4.69, 9.17) is 9.15 Å². The summed E-state index contributed by atoms with van der Waals surface area (Å²) in [7, 11) is 1.59. The molecule has 0 radical (unpaired) electrons. The largest absolute Gasteiger partial charge is 0.481 e. The van der Waals surface area contributed by atoms with Crippen molar-refractivity contribution in [1.82, 2.24) is 9.97 Å². The Morgan fingerprint density at radius 3 is 2.47 bits per heavy atom. The molecular formula is C15H12N2O2. The van der Waals surface area contributed by atoms with E-state index in [9.17, 15) is 0 Å². The van der Waals surface area contributed by atoms with Crippen LogP contribution < -0.4 is 4.74 Å². The maximum atomic E-state index is 5.36. The third kappa shape index (κ3) is 2.33. The van der Waals surface area contributed by atoms with E-state index in [-0.39, 0.29) is 0 Å². The fourth-order valence-electron chi connectivity index (χ4n) is 1.86. The molecule has 0 unspecified atom stereocenters. The van der Waals surface area contributed by atoms with Gasteiger partial charge in [0, 0.05) is 17.2 Å². The first kappa shape index (κ1) is 11.5. The summed E-state index contributed by atoms with van der Waals surface area (Å²) in [6.45, 7) is 0. The van der Waals surface area contributed by atoms with Gasteiger partial charge in [-0.2, -0.15) is 0 Å². The van der Waals surface area contributed by atoms with Crippen molar-refractivity contribution in [3.8, 4) is 28.5 Å². The lowest BCUT2D eigenvalue weighted by Crippen LogP contribution is -1.90. The first-order valence-corrected chi connectivity index (χ1v) is 5.87. The van der Waals surface area contributed by atoms with E-state index in [1.807, 2.05) is 42.5 Å². The Balaban J connectivity index is 1.94. The Morgan fingerprint density at radius 2 is 1.79 bits per heavy atom. The van der Waals surface area contributed by atoms with E-state index in [1.165, 1.54) is 6.33 Å². The third-order valence-electron chi connectivity index (χ3n) is 2.84. The number of ether oxygens (including phenoxy) is 1. The number of nitrogens with zero attached hydrogens (tertiary/aromatic N) is 2. The first-order valence-electron chi connectivity index (χ1n) is 5.87. The predicted molar refractivity (Wildman–Crippen MR) is 71.7 cm³/mol. The molecule has 0 saturated heterocycles. The number of furan rings is 1. The van der Waals surface area contributed by atoms with E-state index in [2.05, 4.69) is 9.97 Å². The number of hydrogen-bond donors (Lipinski definition) is 0. The molecule has 2 heterocycles.